The summed E-state index contributed by atoms with van der Waals surface area (Å²) in [6, 6.07) is 15.7. The summed E-state index contributed by atoms with van der Waals surface area (Å²) in [5.41, 5.74) is 3.45. The number of hydrogen-bond acceptors (Lipinski definition) is 4. The van der Waals surface area contributed by atoms with E-state index in [1.165, 1.54) is 23.5 Å². The number of benzene rings is 2. The lowest BCUT2D eigenvalue weighted by Crippen LogP contribution is -2.22. The summed E-state index contributed by atoms with van der Waals surface area (Å²) in [7, 11) is 0. The number of fused-ring (bicyclic) bond motifs is 1. The molecule has 0 bridgehead atoms. The molecule has 168 valence electrons. The molecule has 6 nitrogen and oxygen atoms in total. The van der Waals surface area contributed by atoms with Crippen molar-refractivity contribution in [3.63, 3.8) is 0 Å². The minimum Gasteiger partial charge on any atom is -0.347 e. The molecule has 4 aromatic rings. The first kappa shape index (κ1) is 21.3. The topological polar surface area (TPSA) is 76.0 Å². The van der Waals surface area contributed by atoms with Crippen molar-refractivity contribution in [1.29, 1.82) is 0 Å². The van der Waals surface area contributed by atoms with Gasteiger partial charge in [-0.25, -0.2) is 4.39 Å². The van der Waals surface area contributed by atoms with E-state index in [1.807, 2.05) is 41.9 Å². The summed E-state index contributed by atoms with van der Waals surface area (Å²) >= 11 is 1.39. The van der Waals surface area contributed by atoms with Crippen LogP contribution in [0.1, 0.15) is 39.3 Å². The molecule has 0 aliphatic heterocycles. The van der Waals surface area contributed by atoms with Gasteiger partial charge in [0.05, 0.1) is 17.1 Å². The van der Waals surface area contributed by atoms with E-state index in [0.29, 0.717) is 18.0 Å². The Morgan fingerprint density at radius 2 is 1.91 bits per heavy atom. The highest BCUT2D eigenvalue weighted by Crippen LogP contribution is 2.30. The number of aromatic nitrogens is 2. The number of thiophene rings is 1. The van der Waals surface area contributed by atoms with Crippen molar-refractivity contribution >= 4 is 39.1 Å². The number of rotatable bonds is 7. The monoisotopic (exact) mass is 462 g/mol. The number of carbonyl (C=O) groups excluding carboxylic acids is 2. The fourth-order valence-corrected chi connectivity index (χ4v) is 4.79. The van der Waals surface area contributed by atoms with E-state index in [0.717, 1.165) is 45.6 Å². The lowest BCUT2D eigenvalue weighted by Gasteiger charge is -2.08. The number of nitrogens with zero attached hydrogens (tertiary/aromatic N) is 2. The molecule has 2 amide bonds. The van der Waals surface area contributed by atoms with Gasteiger partial charge >= 0.3 is 0 Å². The second-order valence-corrected chi connectivity index (χ2v) is 9.38. The SMILES string of the molecule is Cc1nn(Cc2ccc(F)cc2)c2sc(C(=O)NCc3cccc(NC(=O)C4CC4)c3)cc12. The number of hydrogen-bond donors (Lipinski definition) is 2. The van der Waals surface area contributed by atoms with Crippen molar-refractivity contribution in [2.75, 3.05) is 5.32 Å². The molecule has 0 saturated heterocycles. The molecule has 33 heavy (non-hydrogen) atoms. The molecule has 1 aliphatic rings. The van der Waals surface area contributed by atoms with Crippen LogP contribution in [-0.4, -0.2) is 21.6 Å². The predicted molar refractivity (Wildman–Crippen MR) is 127 cm³/mol. The standard InChI is InChI=1S/C25H23FN4O2S/c1-15-21-12-22(33-25(21)30(29-15)14-16-5-9-19(26)10-6-16)24(32)27-13-17-3-2-4-20(11-17)28-23(31)18-7-8-18/h2-6,9-12,18H,7-8,13-14H2,1H3,(H,27,32)(H,28,31). The highest BCUT2D eigenvalue weighted by molar-refractivity contribution is 7.20. The highest BCUT2D eigenvalue weighted by atomic mass is 32.1. The van der Waals surface area contributed by atoms with Gasteiger partial charge in [0, 0.05) is 23.5 Å². The van der Waals surface area contributed by atoms with E-state index in [2.05, 4.69) is 15.7 Å². The van der Waals surface area contributed by atoms with Gasteiger partial charge in [0.15, 0.2) is 0 Å². The lowest BCUT2D eigenvalue weighted by molar-refractivity contribution is -0.117. The molecule has 5 rings (SSSR count). The zero-order chi connectivity index (χ0) is 22.9. The first-order valence-electron chi connectivity index (χ1n) is 10.9. The Bertz CT molecular complexity index is 1340. The Kier molecular flexibility index (Phi) is 5.68. The van der Waals surface area contributed by atoms with Crippen molar-refractivity contribution in [1.82, 2.24) is 15.1 Å². The Balaban J connectivity index is 1.27. The molecule has 1 saturated carbocycles. The number of carbonyl (C=O) groups is 2. The molecule has 8 heteroatoms. The van der Waals surface area contributed by atoms with Crippen LogP contribution in [0.3, 0.4) is 0 Å². The van der Waals surface area contributed by atoms with Crippen LogP contribution in [-0.2, 0) is 17.9 Å². The molecule has 2 aromatic carbocycles. The minimum atomic E-state index is -0.272. The second kappa shape index (κ2) is 8.78. The summed E-state index contributed by atoms with van der Waals surface area (Å²) < 4.78 is 15.1. The summed E-state index contributed by atoms with van der Waals surface area (Å²) in [5, 5.41) is 11.4. The number of amides is 2. The van der Waals surface area contributed by atoms with Crippen LogP contribution in [0.2, 0.25) is 0 Å². The van der Waals surface area contributed by atoms with Crippen LogP contribution < -0.4 is 10.6 Å². The van der Waals surface area contributed by atoms with Crippen LogP contribution in [0.25, 0.3) is 10.2 Å². The minimum absolute atomic E-state index is 0.0616. The van der Waals surface area contributed by atoms with Crippen LogP contribution in [0, 0.1) is 18.7 Å². The van der Waals surface area contributed by atoms with E-state index in [1.54, 1.807) is 12.1 Å². The van der Waals surface area contributed by atoms with Crippen molar-refractivity contribution < 1.29 is 14.0 Å². The molecular formula is C25H23FN4O2S. The molecule has 2 heterocycles. The van der Waals surface area contributed by atoms with Gasteiger partial charge in [0.1, 0.15) is 10.6 Å². The summed E-state index contributed by atoms with van der Waals surface area (Å²) in [4.78, 5) is 26.3. The van der Waals surface area contributed by atoms with Crippen LogP contribution >= 0.6 is 11.3 Å². The molecule has 2 N–H and O–H groups in total. The average Bonchev–Trinajstić information content (AvgIpc) is 3.50. The first-order valence-corrected chi connectivity index (χ1v) is 11.7. The molecule has 2 aromatic heterocycles. The quantitative estimate of drug-likeness (QED) is 0.411. The first-order chi connectivity index (χ1) is 16.0. The maximum atomic E-state index is 13.2. The third-order valence-corrected chi connectivity index (χ3v) is 6.82. The third kappa shape index (κ3) is 4.80. The Morgan fingerprint density at radius 3 is 2.67 bits per heavy atom. The summed E-state index contributed by atoms with van der Waals surface area (Å²) in [6.07, 6.45) is 1.91. The molecule has 0 spiro atoms. The van der Waals surface area contributed by atoms with Gasteiger partial charge in [-0.15, -0.1) is 11.3 Å². The van der Waals surface area contributed by atoms with Gasteiger partial charge in [0.2, 0.25) is 5.91 Å². The number of halogens is 1. The second-order valence-electron chi connectivity index (χ2n) is 8.35. The maximum Gasteiger partial charge on any atom is 0.261 e. The molecule has 1 fully saturated rings. The van der Waals surface area contributed by atoms with Crippen molar-refractivity contribution in [2.45, 2.75) is 32.9 Å². The summed E-state index contributed by atoms with van der Waals surface area (Å²) in [6.45, 7) is 2.78. The van der Waals surface area contributed by atoms with Crippen LogP contribution in [0.15, 0.2) is 54.6 Å². The smallest absolute Gasteiger partial charge is 0.261 e. The molecule has 0 atom stereocenters. The highest BCUT2D eigenvalue weighted by Gasteiger charge is 2.29. The Morgan fingerprint density at radius 1 is 1.12 bits per heavy atom. The number of aryl methyl sites for hydroxylation is 1. The van der Waals surface area contributed by atoms with Gasteiger partial charge in [-0.2, -0.15) is 5.10 Å². The van der Waals surface area contributed by atoms with Gasteiger partial charge in [-0.05, 0) is 61.2 Å². The molecule has 0 unspecified atom stereocenters. The van der Waals surface area contributed by atoms with Gasteiger partial charge in [-0.3, -0.25) is 14.3 Å². The van der Waals surface area contributed by atoms with Gasteiger partial charge in [-0.1, -0.05) is 24.3 Å². The Labute approximate surface area is 194 Å². The fraction of sp³-hybridized carbons (Fsp3) is 0.240. The van der Waals surface area contributed by atoms with Gasteiger partial charge in [0.25, 0.3) is 5.91 Å². The average molecular weight is 463 g/mol. The summed E-state index contributed by atoms with van der Waals surface area (Å²) in [5.74, 6) is -0.224. The van der Waals surface area contributed by atoms with E-state index >= 15 is 0 Å². The molecular weight excluding hydrogens is 439 g/mol. The van der Waals surface area contributed by atoms with E-state index in [9.17, 15) is 14.0 Å². The van der Waals surface area contributed by atoms with E-state index < -0.39 is 0 Å². The predicted octanol–water partition coefficient (Wildman–Crippen LogP) is 4.87. The van der Waals surface area contributed by atoms with Crippen molar-refractivity contribution in [2.24, 2.45) is 5.92 Å². The van der Waals surface area contributed by atoms with Crippen molar-refractivity contribution in [3.8, 4) is 0 Å². The van der Waals surface area contributed by atoms with Crippen molar-refractivity contribution in [3.05, 3.63) is 82.1 Å². The molecule has 1 aliphatic carbocycles. The zero-order valence-electron chi connectivity index (χ0n) is 18.1. The lowest BCUT2D eigenvalue weighted by atomic mass is 10.2. The largest absolute Gasteiger partial charge is 0.347 e. The maximum absolute atomic E-state index is 13.2. The van der Waals surface area contributed by atoms with Crippen LogP contribution in [0.4, 0.5) is 10.1 Å². The van der Waals surface area contributed by atoms with E-state index in [-0.39, 0.29) is 23.5 Å². The number of nitrogens with one attached hydrogen (secondary N) is 2. The zero-order valence-corrected chi connectivity index (χ0v) is 18.9. The van der Waals surface area contributed by atoms with E-state index in [4.69, 9.17) is 0 Å². The molecule has 0 radical (unpaired) electrons. The van der Waals surface area contributed by atoms with Gasteiger partial charge < -0.3 is 10.6 Å². The van der Waals surface area contributed by atoms with Crippen LogP contribution in [0.5, 0.6) is 0 Å². The number of anilines is 1. The Hall–Kier alpha value is -3.52. The fourth-order valence-electron chi connectivity index (χ4n) is 3.71. The normalized spacial score (nSPS) is 13.3. The third-order valence-electron chi connectivity index (χ3n) is 5.67.